The molecule has 1 saturated carbocycles. The molecule has 5 heteroatoms. The second-order valence-electron chi connectivity index (χ2n) is 5.31. The average molecular weight is 358 g/mol. The van der Waals surface area contributed by atoms with Crippen molar-refractivity contribution in [2.24, 2.45) is 0 Å². The molecule has 3 rings (SSSR count). The van der Waals surface area contributed by atoms with Gasteiger partial charge in [-0.3, -0.25) is 0 Å². The lowest BCUT2D eigenvalue weighted by atomic mass is 9.79. The number of aromatic nitrogens is 2. The Kier molecular flexibility index (Phi) is 3.70. The van der Waals surface area contributed by atoms with Crippen LogP contribution in [0.4, 0.5) is 5.95 Å². The summed E-state index contributed by atoms with van der Waals surface area (Å²) in [4.78, 5) is 11.5. The van der Waals surface area contributed by atoms with Crippen LogP contribution in [0.25, 0.3) is 0 Å². The van der Waals surface area contributed by atoms with Gasteiger partial charge in [-0.15, -0.1) is 0 Å². The average Bonchev–Trinajstić information content (AvgIpc) is 2.42. The molecule has 1 N–H and O–H groups in total. The van der Waals surface area contributed by atoms with Crippen LogP contribution in [0.5, 0.6) is 0 Å². The molecule has 1 spiro atoms. The second kappa shape index (κ2) is 5.28. The van der Waals surface area contributed by atoms with E-state index in [1.54, 1.807) is 0 Å². The van der Waals surface area contributed by atoms with Crippen LogP contribution >= 0.6 is 22.6 Å². The molecule has 0 atom stereocenters. The first-order valence-electron chi connectivity index (χ1n) is 6.76. The third-order valence-electron chi connectivity index (χ3n) is 4.17. The molecule has 98 valence electrons. The summed E-state index contributed by atoms with van der Waals surface area (Å²) in [5.74, 6) is 0.916. The first kappa shape index (κ1) is 12.6. The molecule has 0 unspecified atom stereocenters. The van der Waals surface area contributed by atoms with Crippen molar-refractivity contribution in [3.63, 3.8) is 0 Å². The fraction of sp³-hybridized carbons (Fsp3) is 0.692. The summed E-state index contributed by atoms with van der Waals surface area (Å²) in [7, 11) is 0. The molecular formula is C13H19IN4. The summed E-state index contributed by atoms with van der Waals surface area (Å²) in [5.41, 5.74) is 0.267. The van der Waals surface area contributed by atoms with E-state index < -0.39 is 0 Å². The van der Waals surface area contributed by atoms with Crippen LogP contribution < -0.4 is 10.2 Å². The Morgan fingerprint density at radius 2 is 1.89 bits per heavy atom. The van der Waals surface area contributed by atoms with Gasteiger partial charge in [0.15, 0.2) is 0 Å². The standard InChI is InChI=1S/C13H19IN4/c14-11-8-16-12(17-9-11)18-7-6-15-10-13(18)4-2-1-3-5-13/h8-9,15H,1-7,10H2. The topological polar surface area (TPSA) is 41.1 Å². The van der Waals surface area contributed by atoms with Crippen LogP contribution in [0.1, 0.15) is 32.1 Å². The monoisotopic (exact) mass is 358 g/mol. The van der Waals surface area contributed by atoms with Gasteiger partial charge in [-0.05, 0) is 35.4 Å². The summed E-state index contributed by atoms with van der Waals surface area (Å²) < 4.78 is 1.10. The van der Waals surface area contributed by atoms with Crippen molar-refractivity contribution in [1.82, 2.24) is 15.3 Å². The first-order chi connectivity index (χ1) is 8.80. The Bertz CT molecular complexity index is 392. The third-order valence-corrected chi connectivity index (χ3v) is 4.73. The van der Waals surface area contributed by atoms with Crippen LogP contribution in [0, 0.1) is 3.57 Å². The number of anilines is 1. The van der Waals surface area contributed by atoms with Crippen molar-refractivity contribution in [2.45, 2.75) is 37.6 Å². The van der Waals surface area contributed by atoms with Gasteiger partial charge in [-0.25, -0.2) is 9.97 Å². The molecule has 1 aliphatic heterocycles. The van der Waals surface area contributed by atoms with Crippen molar-refractivity contribution >= 4 is 28.5 Å². The largest absolute Gasteiger partial charge is 0.333 e. The van der Waals surface area contributed by atoms with Crippen LogP contribution in [0.2, 0.25) is 0 Å². The molecule has 0 radical (unpaired) electrons. The molecule has 0 aromatic carbocycles. The van der Waals surface area contributed by atoms with E-state index in [4.69, 9.17) is 0 Å². The lowest BCUT2D eigenvalue weighted by Gasteiger charge is -2.49. The third kappa shape index (κ3) is 2.34. The van der Waals surface area contributed by atoms with Crippen LogP contribution in [-0.2, 0) is 0 Å². The molecule has 18 heavy (non-hydrogen) atoms. The SMILES string of the molecule is Ic1cnc(N2CCNCC23CCCCC3)nc1. The highest BCUT2D eigenvalue weighted by molar-refractivity contribution is 14.1. The molecule has 1 aliphatic carbocycles. The fourth-order valence-corrected chi connectivity index (χ4v) is 3.54. The summed E-state index contributed by atoms with van der Waals surface area (Å²) in [6, 6.07) is 0. The predicted molar refractivity (Wildman–Crippen MR) is 80.8 cm³/mol. The van der Waals surface area contributed by atoms with Crippen molar-refractivity contribution < 1.29 is 0 Å². The van der Waals surface area contributed by atoms with Gasteiger partial charge in [0.1, 0.15) is 0 Å². The number of nitrogens with one attached hydrogen (secondary N) is 1. The number of hydrogen-bond donors (Lipinski definition) is 1. The minimum absolute atomic E-state index is 0.267. The Labute approximate surface area is 122 Å². The molecule has 0 bridgehead atoms. The Morgan fingerprint density at radius 3 is 2.61 bits per heavy atom. The molecule has 0 amide bonds. The summed E-state index contributed by atoms with van der Waals surface area (Å²) >= 11 is 2.26. The zero-order chi connectivity index (χ0) is 12.4. The molecule has 2 aliphatic rings. The number of nitrogens with zero attached hydrogens (tertiary/aromatic N) is 3. The second-order valence-corrected chi connectivity index (χ2v) is 6.56. The zero-order valence-corrected chi connectivity index (χ0v) is 12.7. The maximum absolute atomic E-state index is 4.53. The van der Waals surface area contributed by atoms with Gasteiger partial charge in [-0.2, -0.15) is 0 Å². The van der Waals surface area contributed by atoms with Gasteiger partial charge in [-0.1, -0.05) is 19.3 Å². The van der Waals surface area contributed by atoms with Gasteiger partial charge < -0.3 is 10.2 Å². The lowest BCUT2D eigenvalue weighted by Crippen LogP contribution is -2.62. The highest BCUT2D eigenvalue weighted by Gasteiger charge is 2.40. The smallest absolute Gasteiger partial charge is 0.225 e. The maximum Gasteiger partial charge on any atom is 0.225 e. The van der Waals surface area contributed by atoms with E-state index in [2.05, 4.69) is 42.8 Å². The molecule has 1 saturated heterocycles. The minimum Gasteiger partial charge on any atom is -0.333 e. The van der Waals surface area contributed by atoms with Crippen LogP contribution in [-0.4, -0.2) is 35.1 Å². The summed E-state index contributed by atoms with van der Waals surface area (Å²) in [6.07, 6.45) is 10.4. The molecule has 1 aromatic rings. The first-order valence-corrected chi connectivity index (χ1v) is 7.84. The Hall–Kier alpha value is -0.430. The Morgan fingerprint density at radius 1 is 1.17 bits per heavy atom. The number of hydrogen-bond acceptors (Lipinski definition) is 4. The normalized spacial score (nSPS) is 23.3. The van der Waals surface area contributed by atoms with E-state index in [-0.39, 0.29) is 5.54 Å². The molecule has 1 aromatic heterocycles. The minimum atomic E-state index is 0.267. The molecule has 4 nitrogen and oxygen atoms in total. The maximum atomic E-state index is 4.53. The number of piperazine rings is 1. The number of rotatable bonds is 1. The molecule has 2 fully saturated rings. The van der Waals surface area contributed by atoms with Gasteiger partial charge in [0.05, 0.1) is 5.54 Å². The van der Waals surface area contributed by atoms with E-state index >= 15 is 0 Å². The van der Waals surface area contributed by atoms with Gasteiger partial charge in [0.25, 0.3) is 0 Å². The van der Waals surface area contributed by atoms with Crippen LogP contribution in [0.3, 0.4) is 0 Å². The van der Waals surface area contributed by atoms with Crippen molar-refractivity contribution in [3.8, 4) is 0 Å². The Balaban J connectivity index is 1.89. The van der Waals surface area contributed by atoms with Gasteiger partial charge >= 0.3 is 0 Å². The van der Waals surface area contributed by atoms with Crippen LogP contribution in [0.15, 0.2) is 12.4 Å². The quantitative estimate of drug-likeness (QED) is 0.782. The van der Waals surface area contributed by atoms with E-state index in [1.165, 1.54) is 32.1 Å². The predicted octanol–water partition coefficient (Wildman–Crippen LogP) is 2.19. The fourth-order valence-electron chi connectivity index (χ4n) is 3.26. The van der Waals surface area contributed by atoms with Gasteiger partial charge in [0, 0.05) is 35.6 Å². The highest BCUT2D eigenvalue weighted by Crippen LogP contribution is 2.36. The number of halogens is 1. The van der Waals surface area contributed by atoms with E-state index in [0.717, 1.165) is 29.2 Å². The highest BCUT2D eigenvalue weighted by atomic mass is 127. The lowest BCUT2D eigenvalue weighted by molar-refractivity contribution is 0.238. The van der Waals surface area contributed by atoms with E-state index in [0.29, 0.717) is 0 Å². The van der Waals surface area contributed by atoms with Crippen molar-refractivity contribution in [1.29, 1.82) is 0 Å². The van der Waals surface area contributed by atoms with Crippen molar-refractivity contribution in [3.05, 3.63) is 16.0 Å². The summed E-state index contributed by atoms with van der Waals surface area (Å²) in [5, 5.41) is 3.56. The summed E-state index contributed by atoms with van der Waals surface area (Å²) in [6.45, 7) is 3.15. The van der Waals surface area contributed by atoms with Gasteiger partial charge in [0.2, 0.25) is 5.95 Å². The van der Waals surface area contributed by atoms with E-state index in [9.17, 15) is 0 Å². The van der Waals surface area contributed by atoms with E-state index in [1.807, 2.05) is 12.4 Å². The zero-order valence-electron chi connectivity index (χ0n) is 10.5. The van der Waals surface area contributed by atoms with Crippen molar-refractivity contribution in [2.75, 3.05) is 24.5 Å². The molecular weight excluding hydrogens is 339 g/mol. The molecule has 2 heterocycles.